The van der Waals surface area contributed by atoms with Gasteiger partial charge in [0.1, 0.15) is 0 Å². The molecule has 2 aromatic rings. The largest absolute Gasteiger partial charge is 0.386 e. The van der Waals surface area contributed by atoms with Gasteiger partial charge in [0.2, 0.25) is 0 Å². The number of nitrogens with one attached hydrogen (secondary N) is 3. The minimum atomic E-state index is -0.201. The van der Waals surface area contributed by atoms with Crippen molar-refractivity contribution in [1.82, 2.24) is 15.2 Å². The fourth-order valence-electron chi connectivity index (χ4n) is 1.31. The molecule has 0 aliphatic rings. The zero-order chi connectivity index (χ0) is 11.4. The van der Waals surface area contributed by atoms with Crippen molar-refractivity contribution in [3.05, 3.63) is 36.4 Å². The molecule has 0 saturated heterocycles. The van der Waals surface area contributed by atoms with Gasteiger partial charge in [0.25, 0.3) is 5.91 Å². The molecule has 0 fully saturated rings. The number of carbonyl (C=O) groups excluding carboxylic acids is 1. The SMILES string of the molecule is CNc1cnccc1C(=O)Nc1cn[nH]c1. The van der Waals surface area contributed by atoms with Gasteiger partial charge in [-0.1, -0.05) is 0 Å². The molecule has 6 nitrogen and oxygen atoms in total. The highest BCUT2D eigenvalue weighted by Crippen LogP contribution is 2.14. The third-order valence-electron chi connectivity index (χ3n) is 2.09. The molecule has 0 spiro atoms. The fourth-order valence-corrected chi connectivity index (χ4v) is 1.31. The van der Waals surface area contributed by atoms with Crippen molar-refractivity contribution in [1.29, 1.82) is 0 Å². The normalized spacial score (nSPS) is 9.81. The molecule has 0 atom stereocenters. The lowest BCUT2D eigenvalue weighted by molar-refractivity contribution is 0.102. The molecule has 0 aliphatic carbocycles. The molecule has 0 aromatic carbocycles. The van der Waals surface area contributed by atoms with Crippen molar-refractivity contribution < 1.29 is 4.79 Å². The van der Waals surface area contributed by atoms with Crippen molar-refractivity contribution in [3.63, 3.8) is 0 Å². The number of aromatic nitrogens is 3. The predicted octanol–water partition coefficient (Wildman–Crippen LogP) is 1.10. The van der Waals surface area contributed by atoms with Crippen LogP contribution in [0.2, 0.25) is 0 Å². The van der Waals surface area contributed by atoms with Gasteiger partial charge in [-0.2, -0.15) is 5.10 Å². The van der Waals surface area contributed by atoms with Crippen LogP contribution in [0.15, 0.2) is 30.9 Å². The van der Waals surface area contributed by atoms with Crippen LogP contribution in [0.5, 0.6) is 0 Å². The average molecular weight is 217 g/mol. The van der Waals surface area contributed by atoms with Gasteiger partial charge in [-0.05, 0) is 6.07 Å². The molecule has 2 aromatic heterocycles. The van der Waals surface area contributed by atoms with Crippen molar-refractivity contribution >= 4 is 17.3 Å². The van der Waals surface area contributed by atoms with E-state index in [1.165, 1.54) is 6.20 Å². The molecule has 0 unspecified atom stereocenters. The Morgan fingerprint density at radius 3 is 3.00 bits per heavy atom. The Morgan fingerprint density at radius 1 is 1.44 bits per heavy atom. The fraction of sp³-hybridized carbons (Fsp3) is 0.100. The maximum absolute atomic E-state index is 11.9. The van der Waals surface area contributed by atoms with E-state index in [0.29, 0.717) is 16.9 Å². The number of rotatable bonds is 3. The molecule has 82 valence electrons. The summed E-state index contributed by atoms with van der Waals surface area (Å²) in [6, 6.07) is 1.65. The van der Waals surface area contributed by atoms with Crippen LogP contribution >= 0.6 is 0 Å². The van der Waals surface area contributed by atoms with Crippen LogP contribution in [0.4, 0.5) is 11.4 Å². The van der Waals surface area contributed by atoms with E-state index in [4.69, 9.17) is 0 Å². The summed E-state index contributed by atoms with van der Waals surface area (Å²) in [4.78, 5) is 15.8. The molecule has 0 radical (unpaired) electrons. The summed E-state index contributed by atoms with van der Waals surface area (Å²) >= 11 is 0. The summed E-state index contributed by atoms with van der Waals surface area (Å²) < 4.78 is 0. The molecule has 6 heteroatoms. The van der Waals surface area contributed by atoms with E-state index in [1.54, 1.807) is 31.7 Å². The molecular weight excluding hydrogens is 206 g/mol. The van der Waals surface area contributed by atoms with Crippen LogP contribution in [-0.4, -0.2) is 28.1 Å². The van der Waals surface area contributed by atoms with Crippen molar-refractivity contribution in [2.24, 2.45) is 0 Å². The third-order valence-corrected chi connectivity index (χ3v) is 2.09. The maximum atomic E-state index is 11.9. The standard InChI is InChI=1S/C10H11N5O/c1-11-9-6-12-3-2-8(9)10(16)15-7-4-13-14-5-7/h2-6,11H,1H3,(H,13,14)(H,15,16). The van der Waals surface area contributed by atoms with Crippen molar-refractivity contribution in [3.8, 4) is 0 Å². The first kappa shape index (κ1) is 10.2. The topological polar surface area (TPSA) is 82.7 Å². The van der Waals surface area contributed by atoms with Gasteiger partial charge in [0.05, 0.1) is 29.3 Å². The lowest BCUT2D eigenvalue weighted by atomic mass is 10.2. The second-order valence-corrected chi connectivity index (χ2v) is 3.11. The van der Waals surface area contributed by atoms with E-state index in [2.05, 4.69) is 25.8 Å². The van der Waals surface area contributed by atoms with Crippen LogP contribution in [0, 0.1) is 0 Å². The number of amides is 1. The summed E-state index contributed by atoms with van der Waals surface area (Å²) in [6.45, 7) is 0. The number of nitrogens with zero attached hydrogens (tertiary/aromatic N) is 2. The van der Waals surface area contributed by atoms with Gasteiger partial charge >= 0.3 is 0 Å². The number of pyridine rings is 1. The smallest absolute Gasteiger partial charge is 0.257 e. The molecule has 3 N–H and O–H groups in total. The van der Waals surface area contributed by atoms with Gasteiger partial charge in [0, 0.05) is 19.4 Å². The Morgan fingerprint density at radius 2 is 2.31 bits per heavy atom. The second-order valence-electron chi connectivity index (χ2n) is 3.11. The monoisotopic (exact) mass is 217 g/mol. The summed E-state index contributed by atoms with van der Waals surface area (Å²) in [6.07, 6.45) is 6.33. The minimum Gasteiger partial charge on any atom is -0.386 e. The number of anilines is 2. The molecule has 2 rings (SSSR count). The number of carbonyl (C=O) groups is 1. The van der Waals surface area contributed by atoms with Gasteiger partial charge in [-0.3, -0.25) is 14.9 Å². The quantitative estimate of drug-likeness (QED) is 0.719. The number of hydrogen-bond donors (Lipinski definition) is 3. The Bertz CT molecular complexity index is 480. The first-order valence-electron chi connectivity index (χ1n) is 4.73. The lowest BCUT2D eigenvalue weighted by Crippen LogP contribution is -2.13. The van der Waals surface area contributed by atoms with Gasteiger partial charge in [-0.15, -0.1) is 0 Å². The Balaban J connectivity index is 2.21. The van der Waals surface area contributed by atoms with Crippen LogP contribution in [0.25, 0.3) is 0 Å². The van der Waals surface area contributed by atoms with Gasteiger partial charge < -0.3 is 10.6 Å². The van der Waals surface area contributed by atoms with Crippen molar-refractivity contribution in [2.75, 3.05) is 17.7 Å². The molecule has 16 heavy (non-hydrogen) atoms. The molecule has 1 amide bonds. The van der Waals surface area contributed by atoms with E-state index in [0.717, 1.165) is 0 Å². The van der Waals surface area contributed by atoms with E-state index in [9.17, 15) is 4.79 Å². The molecule has 0 saturated carbocycles. The number of hydrogen-bond acceptors (Lipinski definition) is 4. The van der Waals surface area contributed by atoms with E-state index in [-0.39, 0.29) is 5.91 Å². The highest BCUT2D eigenvalue weighted by molar-refractivity contribution is 6.07. The van der Waals surface area contributed by atoms with E-state index >= 15 is 0 Å². The average Bonchev–Trinajstić information content (AvgIpc) is 2.81. The van der Waals surface area contributed by atoms with E-state index < -0.39 is 0 Å². The van der Waals surface area contributed by atoms with Crippen LogP contribution in [-0.2, 0) is 0 Å². The summed E-state index contributed by atoms with van der Waals surface area (Å²) in [5.74, 6) is -0.201. The first-order valence-corrected chi connectivity index (χ1v) is 4.73. The predicted molar refractivity (Wildman–Crippen MR) is 60.3 cm³/mol. The summed E-state index contributed by atoms with van der Waals surface area (Å²) in [7, 11) is 1.74. The third kappa shape index (κ3) is 2.00. The second kappa shape index (κ2) is 4.43. The Hall–Kier alpha value is -2.37. The highest BCUT2D eigenvalue weighted by Gasteiger charge is 2.10. The highest BCUT2D eigenvalue weighted by atomic mass is 16.1. The minimum absolute atomic E-state index is 0.201. The summed E-state index contributed by atoms with van der Waals surface area (Å²) in [5, 5.41) is 12.0. The maximum Gasteiger partial charge on any atom is 0.257 e. The van der Waals surface area contributed by atoms with Crippen LogP contribution in [0.3, 0.4) is 0 Å². The molecular formula is C10H11N5O. The molecule has 0 bridgehead atoms. The molecule has 0 aliphatic heterocycles. The lowest BCUT2D eigenvalue weighted by Gasteiger charge is -2.07. The zero-order valence-corrected chi connectivity index (χ0v) is 8.69. The summed E-state index contributed by atoms with van der Waals surface area (Å²) in [5.41, 5.74) is 1.85. The number of aromatic amines is 1. The number of H-pyrrole nitrogens is 1. The van der Waals surface area contributed by atoms with Gasteiger partial charge in [-0.25, -0.2) is 0 Å². The zero-order valence-electron chi connectivity index (χ0n) is 8.69. The Labute approximate surface area is 92.1 Å². The Kier molecular flexibility index (Phi) is 2.81. The van der Waals surface area contributed by atoms with Crippen molar-refractivity contribution in [2.45, 2.75) is 0 Å². The van der Waals surface area contributed by atoms with E-state index in [1.807, 2.05) is 0 Å². The van der Waals surface area contributed by atoms with Gasteiger partial charge in [0.15, 0.2) is 0 Å². The molecule has 2 heterocycles. The first-order chi connectivity index (χ1) is 7.81. The van der Waals surface area contributed by atoms with Crippen LogP contribution in [0.1, 0.15) is 10.4 Å². The van der Waals surface area contributed by atoms with Crippen LogP contribution < -0.4 is 10.6 Å².